The monoisotopic (exact) mass is 447 g/mol. The molecule has 5 nitrogen and oxygen atoms in total. The van der Waals surface area contributed by atoms with Crippen molar-refractivity contribution in [3.8, 4) is 11.1 Å². The Morgan fingerprint density at radius 1 is 0.929 bits per heavy atom. The van der Waals surface area contributed by atoms with Gasteiger partial charge in [0.1, 0.15) is 11.5 Å². The van der Waals surface area contributed by atoms with Crippen LogP contribution in [0.15, 0.2) is 59.8 Å². The molecule has 1 N–H and O–H groups in total. The summed E-state index contributed by atoms with van der Waals surface area (Å²) in [7, 11) is -4.63. The number of anilines is 1. The Labute approximate surface area is 168 Å². The summed E-state index contributed by atoms with van der Waals surface area (Å²) in [6.45, 7) is 0. The molecule has 3 aromatic rings. The molecule has 0 spiro atoms. The second kappa shape index (κ2) is 7.57. The maximum absolute atomic E-state index is 13.2. The van der Waals surface area contributed by atoms with E-state index < -0.39 is 26.7 Å². The van der Waals surface area contributed by atoms with Crippen LogP contribution in [0.25, 0.3) is 11.1 Å². The number of hydrogen-bond donors (Lipinski definition) is 1. The van der Waals surface area contributed by atoms with Crippen molar-refractivity contribution >= 4 is 39.0 Å². The molecule has 0 aliphatic carbocycles. The molecule has 0 fully saturated rings. The van der Waals surface area contributed by atoms with E-state index in [2.05, 4.69) is 14.7 Å². The molecule has 1 aromatic heterocycles. The summed E-state index contributed by atoms with van der Waals surface area (Å²) in [6, 6.07) is 10.0. The maximum Gasteiger partial charge on any atom is 0.417 e. The summed E-state index contributed by atoms with van der Waals surface area (Å²) in [5.74, 6) is -0.265. The van der Waals surface area contributed by atoms with Gasteiger partial charge in [-0.05, 0) is 29.8 Å². The zero-order valence-corrected chi connectivity index (χ0v) is 16.0. The molecule has 1 heterocycles. The van der Waals surface area contributed by atoms with E-state index in [1.54, 1.807) is 12.1 Å². The van der Waals surface area contributed by atoms with Crippen molar-refractivity contribution in [2.45, 2.75) is 11.1 Å². The average molecular weight is 448 g/mol. The number of hydrogen-bond acceptors (Lipinski definition) is 4. The predicted molar refractivity (Wildman–Crippen MR) is 99.7 cm³/mol. The summed E-state index contributed by atoms with van der Waals surface area (Å²) in [5, 5.41) is 0.345. The van der Waals surface area contributed by atoms with Gasteiger partial charge in [0.15, 0.2) is 5.82 Å². The quantitative estimate of drug-likeness (QED) is 0.552. The first kappa shape index (κ1) is 20.4. The normalized spacial score (nSPS) is 12.0. The van der Waals surface area contributed by atoms with Crippen LogP contribution in [0.3, 0.4) is 0 Å². The van der Waals surface area contributed by atoms with E-state index in [-0.39, 0.29) is 16.5 Å². The molecular weight excluding hydrogens is 438 g/mol. The van der Waals surface area contributed by atoms with Gasteiger partial charge < -0.3 is 0 Å². The smallest absolute Gasteiger partial charge is 0.263 e. The van der Waals surface area contributed by atoms with Gasteiger partial charge in [0.05, 0.1) is 16.0 Å². The zero-order valence-electron chi connectivity index (χ0n) is 13.7. The molecule has 146 valence electrons. The van der Waals surface area contributed by atoms with E-state index in [1.807, 2.05) is 0 Å². The number of nitrogens with zero attached hydrogens (tertiary/aromatic N) is 2. The van der Waals surface area contributed by atoms with Crippen LogP contribution in [0.4, 0.5) is 19.0 Å². The highest BCUT2D eigenvalue weighted by atomic mass is 35.5. The van der Waals surface area contributed by atoms with Crippen molar-refractivity contribution in [2.24, 2.45) is 0 Å². The lowest BCUT2D eigenvalue weighted by atomic mass is 10.1. The lowest BCUT2D eigenvalue weighted by molar-refractivity contribution is -0.139. The lowest BCUT2D eigenvalue weighted by Gasteiger charge is -2.16. The van der Waals surface area contributed by atoms with Gasteiger partial charge in [0.25, 0.3) is 10.0 Å². The second-order valence-electron chi connectivity index (χ2n) is 5.49. The van der Waals surface area contributed by atoms with E-state index in [0.717, 1.165) is 18.5 Å². The highest BCUT2D eigenvalue weighted by Crippen LogP contribution is 2.37. The molecule has 0 amide bonds. The summed E-state index contributed by atoms with van der Waals surface area (Å²) >= 11 is 11.9. The van der Waals surface area contributed by atoms with Gasteiger partial charge in [-0.2, -0.15) is 13.2 Å². The predicted octanol–water partition coefficient (Wildman–Crippen LogP) is 5.27. The first-order chi connectivity index (χ1) is 13.1. The van der Waals surface area contributed by atoms with Crippen molar-refractivity contribution < 1.29 is 21.6 Å². The molecule has 2 aromatic carbocycles. The molecule has 0 bridgehead atoms. The highest BCUT2D eigenvalue weighted by Gasteiger charge is 2.37. The van der Waals surface area contributed by atoms with E-state index >= 15 is 0 Å². The van der Waals surface area contributed by atoms with Crippen LogP contribution in [-0.2, 0) is 16.2 Å². The molecule has 0 aliphatic rings. The molecule has 3 rings (SSSR count). The Kier molecular flexibility index (Phi) is 5.51. The van der Waals surface area contributed by atoms with E-state index in [4.69, 9.17) is 23.2 Å². The molecule has 0 aliphatic heterocycles. The molecular formula is C17H10Cl2F3N3O2S. The topological polar surface area (TPSA) is 72.0 Å². The van der Waals surface area contributed by atoms with Crippen LogP contribution in [0.5, 0.6) is 0 Å². The summed E-state index contributed by atoms with van der Waals surface area (Å²) < 4.78 is 67.1. The van der Waals surface area contributed by atoms with Crippen LogP contribution in [0, 0.1) is 0 Å². The molecule has 11 heteroatoms. The number of benzene rings is 2. The van der Waals surface area contributed by atoms with Gasteiger partial charge in [0.2, 0.25) is 0 Å². The Morgan fingerprint density at radius 2 is 1.57 bits per heavy atom. The zero-order chi connectivity index (χ0) is 20.5. The number of aromatic nitrogens is 2. The minimum Gasteiger partial charge on any atom is -0.263 e. The molecule has 0 atom stereocenters. The van der Waals surface area contributed by atoms with Crippen LogP contribution < -0.4 is 4.72 Å². The van der Waals surface area contributed by atoms with Gasteiger partial charge in [-0.3, -0.25) is 4.72 Å². The molecule has 28 heavy (non-hydrogen) atoms. The number of sulfonamides is 1. The molecule has 0 saturated carbocycles. The second-order valence-corrected chi connectivity index (χ2v) is 7.94. The van der Waals surface area contributed by atoms with Crippen LogP contribution in [0.2, 0.25) is 10.2 Å². The fraction of sp³-hybridized carbons (Fsp3) is 0.0588. The maximum atomic E-state index is 13.2. The fourth-order valence-corrected chi connectivity index (χ4v) is 4.05. The SMILES string of the molecule is O=S(=O)(Nc1ncnc(Cl)c1-c1ccc(Cl)cc1)c1ccccc1C(F)(F)F. The van der Waals surface area contributed by atoms with Gasteiger partial charge in [-0.1, -0.05) is 47.5 Å². The first-order valence-electron chi connectivity index (χ1n) is 7.55. The summed E-state index contributed by atoms with van der Waals surface area (Å²) in [4.78, 5) is 6.71. The van der Waals surface area contributed by atoms with Crippen LogP contribution >= 0.6 is 23.2 Å². The Hall–Kier alpha value is -2.36. The van der Waals surface area contributed by atoms with E-state index in [9.17, 15) is 21.6 Å². The summed E-state index contributed by atoms with van der Waals surface area (Å²) in [5.41, 5.74) is -0.763. The first-order valence-corrected chi connectivity index (χ1v) is 9.79. The van der Waals surface area contributed by atoms with Crippen LogP contribution in [-0.4, -0.2) is 18.4 Å². The number of halogens is 5. The Balaban J connectivity index is 2.11. The summed E-state index contributed by atoms with van der Waals surface area (Å²) in [6.07, 6.45) is -3.86. The fourth-order valence-electron chi connectivity index (χ4n) is 2.43. The Morgan fingerprint density at radius 3 is 2.21 bits per heavy atom. The van der Waals surface area contributed by atoms with Crippen LogP contribution in [0.1, 0.15) is 5.56 Å². The van der Waals surface area contributed by atoms with Gasteiger partial charge in [-0.15, -0.1) is 0 Å². The van der Waals surface area contributed by atoms with Crippen molar-refractivity contribution in [1.29, 1.82) is 0 Å². The number of rotatable bonds is 4. The Bertz CT molecular complexity index is 1120. The third-order valence-electron chi connectivity index (χ3n) is 3.65. The number of alkyl halides is 3. The van der Waals surface area contributed by atoms with E-state index in [1.165, 1.54) is 18.2 Å². The molecule has 0 unspecified atom stereocenters. The van der Waals surface area contributed by atoms with Gasteiger partial charge in [0, 0.05) is 5.02 Å². The highest BCUT2D eigenvalue weighted by molar-refractivity contribution is 7.92. The van der Waals surface area contributed by atoms with Gasteiger partial charge >= 0.3 is 6.18 Å². The molecule has 0 saturated heterocycles. The standard InChI is InChI=1S/C17H10Cl2F3N3O2S/c18-11-7-5-10(6-8-11)14-15(19)23-9-24-16(14)25-28(26,27)13-4-2-1-3-12(13)17(20,21)22/h1-9H,(H,23,24,25). The van der Waals surface area contributed by atoms with Crippen molar-refractivity contribution in [3.05, 3.63) is 70.6 Å². The van der Waals surface area contributed by atoms with Crippen molar-refractivity contribution in [1.82, 2.24) is 9.97 Å². The van der Waals surface area contributed by atoms with Crippen molar-refractivity contribution in [3.63, 3.8) is 0 Å². The third-order valence-corrected chi connectivity index (χ3v) is 5.58. The lowest BCUT2D eigenvalue weighted by Crippen LogP contribution is -2.20. The van der Waals surface area contributed by atoms with Gasteiger partial charge in [-0.25, -0.2) is 18.4 Å². The van der Waals surface area contributed by atoms with Crippen molar-refractivity contribution in [2.75, 3.05) is 4.72 Å². The average Bonchev–Trinajstić information content (AvgIpc) is 2.62. The van der Waals surface area contributed by atoms with E-state index in [0.29, 0.717) is 16.7 Å². The minimum atomic E-state index is -4.85. The third kappa shape index (κ3) is 4.21. The largest absolute Gasteiger partial charge is 0.417 e. The molecule has 0 radical (unpaired) electrons. The number of nitrogens with one attached hydrogen (secondary N) is 1. The minimum absolute atomic E-state index is 0.0841.